The molecule has 0 amide bonds. The Balaban J connectivity index is 1.73. The monoisotopic (exact) mass is 238 g/mol. The summed E-state index contributed by atoms with van der Waals surface area (Å²) >= 11 is 0. The zero-order valence-electron chi connectivity index (χ0n) is 10.7. The molecule has 0 bridgehead atoms. The molecule has 1 aromatic heterocycles. The Morgan fingerprint density at radius 2 is 1.89 bits per heavy atom. The van der Waals surface area contributed by atoms with Crippen molar-refractivity contribution in [2.75, 3.05) is 5.32 Å². The molecule has 2 heteroatoms. The number of anilines is 1. The third kappa shape index (κ3) is 2.37. The van der Waals surface area contributed by atoms with Gasteiger partial charge in [-0.2, -0.15) is 0 Å². The van der Waals surface area contributed by atoms with E-state index in [2.05, 4.69) is 40.6 Å². The summed E-state index contributed by atoms with van der Waals surface area (Å²) < 4.78 is 0. The van der Waals surface area contributed by atoms with Crippen LogP contribution in [-0.2, 0) is 12.8 Å². The van der Waals surface area contributed by atoms with Gasteiger partial charge >= 0.3 is 0 Å². The highest BCUT2D eigenvalue weighted by Gasteiger charge is 2.18. The fourth-order valence-corrected chi connectivity index (χ4v) is 2.65. The Kier molecular flexibility index (Phi) is 3.01. The Bertz CT molecular complexity index is 548. The summed E-state index contributed by atoms with van der Waals surface area (Å²) in [6, 6.07) is 15.4. The first-order chi connectivity index (χ1) is 8.81. The summed E-state index contributed by atoms with van der Waals surface area (Å²) in [5.41, 5.74) is 4.05. The molecule has 0 saturated heterocycles. The van der Waals surface area contributed by atoms with Crippen LogP contribution in [0.5, 0.6) is 0 Å². The highest BCUT2D eigenvalue weighted by atomic mass is 15.0. The molecular weight excluding hydrogens is 220 g/mol. The van der Waals surface area contributed by atoms with Crippen LogP contribution in [-0.4, -0.2) is 11.0 Å². The summed E-state index contributed by atoms with van der Waals surface area (Å²) in [6.07, 6.45) is 3.46. The normalized spacial score (nSPS) is 18.2. The molecule has 18 heavy (non-hydrogen) atoms. The molecule has 3 rings (SSSR count). The summed E-state index contributed by atoms with van der Waals surface area (Å²) in [5, 5.41) is 3.55. The molecule has 0 fully saturated rings. The van der Waals surface area contributed by atoms with Crippen LogP contribution in [0.1, 0.15) is 23.2 Å². The summed E-state index contributed by atoms with van der Waals surface area (Å²) in [4.78, 5) is 4.51. The third-order valence-electron chi connectivity index (χ3n) is 3.59. The maximum atomic E-state index is 4.51. The highest BCUT2D eigenvalue weighted by Crippen LogP contribution is 2.23. The van der Waals surface area contributed by atoms with Gasteiger partial charge in [0, 0.05) is 11.7 Å². The highest BCUT2D eigenvalue weighted by molar-refractivity contribution is 5.39. The molecule has 1 aromatic carbocycles. The van der Waals surface area contributed by atoms with E-state index in [0.29, 0.717) is 6.04 Å². The molecular formula is C16H18N2. The third-order valence-corrected chi connectivity index (χ3v) is 3.59. The van der Waals surface area contributed by atoms with E-state index in [1.807, 2.05) is 19.1 Å². The predicted octanol–water partition coefficient (Wildman–Crippen LogP) is 3.36. The number of nitrogens with zero attached hydrogens (tertiary/aromatic N) is 1. The number of rotatable bonds is 2. The van der Waals surface area contributed by atoms with Crippen molar-refractivity contribution in [3.63, 3.8) is 0 Å². The minimum Gasteiger partial charge on any atom is -0.367 e. The fourth-order valence-electron chi connectivity index (χ4n) is 2.65. The average molecular weight is 238 g/mol. The van der Waals surface area contributed by atoms with E-state index in [9.17, 15) is 0 Å². The van der Waals surface area contributed by atoms with Gasteiger partial charge in [0.2, 0.25) is 0 Å². The summed E-state index contributed by atoms with van der Waals surface area (Å²) in [5.74, 6) is 0.999. The first-order valence-electron chi connectivity index (χ1n) is 6.58. The van der Waals surface area contributed by atoms with Crippen molar-refractivity contribution in [2.45, 2.75) is 32.2 Å². The van der Waals surface area contributed by atoms with Gasteiger partial charge in [0.15, 0.2) is 0 Å². The fraction of sp³-hybridized carbons (Fsp3) is 0.312. The maximum Gasteiger partial charge on any atom is 0.126 e. The first-order valence-corrected chi connectivity index (χ1v) is 6.58. The smallest absolute Gasteiger partial charge is 0.126 e. The van der Waals surface area contributed by atoms with Gasteiger partial charge in [-0.25, -0.2) is 4.98 Å². The summed E-state index contributed by atoms with van der Waals surface area (Å²) in [6.45, 7) is 2.03. The van der Waals surface area contributed by atoms with E-state index in [1.165, 1.54) is 24.0 Å². The zero-order chi connectivity index (χ0) is 12.4. The number of aryl methyl sites for hydroxylation is 2. The van der Waals surface area contributed by atoms with Crippen molar-refractivity contribution >= 4 is 5.82 Å². The van der Waals surface area contributed by atoms with Crippen LogP contribution >= 0.6 is 0 Å². The molecule has 1 aliphatic carbocycles. The molecule has 0 saturated carbocycles. The van der Waals surface area contributed by atoms with Crippen molar-refractivity contribution in [1.29, 1.82) is 0 Å². The SMILES string of the molecule is Cc1cccc(NC2CCc3ccccc3C2)n1. The Hall–Kier alpha value is -1.83. The number of nitrogens with one attached hydrogen (secondary N) is 1. The summed E-state index contributed by atoms with van der Waals surface area (Å²) in [7, 11) is 0. The molecule has 2 nitrogen and oxygen atoms in total. The Morgan fingerprint density at radius 3 is 2.72 bits per heavy atom. The van der Waals surface area contributed by atoms with Gasteiger partial charge in [-0.05, 0) is 49.4 Å². The van der Waals surface area contributed by atoms with Crippen LogP contribution in [0.3, 0.4) is 0 Å². The van der Waals surface area contributed by atoms with Crippen molar-refractivity contribution in [2.24, 2.45) is 0 Å². The van der Waals surface area contributed by atoms with Crippen LogP contribution in [0.2, 0.25) is 0 Å². The van der Waals surface area contributed by atoms with E-state index < -0.39 is 0 Å². The number of fused-ring (bicyclic) bond motifs is 1. The van der Waals surface area contributed by atoms with Crippen molar-refractivity contribution in [3.05, 3.63) is 59.3 Å². The molecule has 0 spiro atoms. The van der Waals surface area contributed by atoms with Crippen molar-refractivity contribution < 1.29 is 0 Å². The molecule has 1 atom stereocenters. The maximum absolute atomic E-state index is 4.51. The first kappa shape index (κ1) is 11.3. The van der Waals surface area contributed by atoms with Crippen LogP contribution in [0.25, 0.3) is 0 Å². The Morgan fingerprint density at radius 1 is 1.06 bits per heavy atom. The molecule has 1 N–H and O–H groups in total. The molecule has 1 aliphatic rings. The second-order valence-corrected chi connectivity index (χ2v) is 5.02. The lowest BCUT2D eigenvalue weighted by molar-refractivity contribution is 0.608. The molecule has 1 unspecified atom stereocenters. The number of pyridine rings is 1. The Labute approximate surface area is 108 Å². The zero-order valence-corrected chi connectivity index (χ0v) is 10.7. The minimum absolute atomic E-state index is 0.509. The molecule has 0 radical (unpaired) electrons. The average Bonchev–Trinajstić information content (AvgIpc) is 2.39. The number of hydrogen-bond donors (Lipinski definition) is 1. The van der Waals surface area contributed by atoms with Gasteiger partial charge in [-0.1, -0.05) is 30.3 Å². The number of hydrogen-bond acceptors (Lipinski definition) is 2. The number of aromatic nitrogens is 1. The van der Waals surface area contributed by atoms with Crippen LogP contribution < -0.4 is 5.32 Å². The quantitative estimate of drug-likeness (QED) is 0.867. The lowest BCUT2D eigenvalue weighted by Crippen LogP contribution is -2.27. The van der Waals surface area contributed by atoms with Crippen LogP contribution in [0, 0.1) is 6.92 Å². The molecule has 2 aromatic rings. The van der Waals surface area contributed by atoms with Crippen molar-refractivity contribution in [1.82, 2.24) is 4.98 Å². The van der Waals surface area contributed by atoms with E-state index in [1.54, 1.807) is 0 Å². The lowest BCUT2D eigenvalue weighted by atomic mass is 9.88. The predicted molar refractivity (Wildman–Crippen MR) is 74.9 cm³/mol. The minimum atomic E-state index is 0.509. The van der Waals surface area contributed by atoms with E-state index in [0.717, 1.165) is 17.9 Å². The molecule has 92 valence electrons. The topological polar surface area (TPSA) is 24.9 Å². The van der Waals surface area contributed by atoms with Crippen LogP contribution in [0.15, 0.2) is 42.5 Å². The van der Waals surface area contributed by atoms with Gasteiger partial charge in [0.05, 0.1) is 0 Å². The molecule has 1 heterocycles. The standard InChI is InChI=1S/C16H18N2/c1-12-5-4-8-16(17-12)18-15-10-9-13-6-2-3-7-14(13)11-15/h2-8,15H,9-11H2,1H3,(H,17,18). The van der Waals surface area contributed by atoms with Gasteiger partial charge < -0.3 is 5.32 Å². The van der Waals surface area contributed by atoms with Gasteiger partial charge in [-0.15, -0.1) is 0 Å². The van der Waals surface area contributed by atoms with Gasteiger partial charge in [0.1, 0.15) is 5.82 Å². The van der Waals surface area contributed by atoms with E-state index in [4.69, 9.17) is 0 Å². The molecule has 0 aliphatic heterocycles. The number of benzene rings is 1. The van der Waals surface area contributed by atoms with Crippen LogP contribution in [0.4, 0.5) is 5.82 Å². The largest absolute Gasteiger partial charge is 0.367 e. The van der Waals surface area contributed by atoms with Gasteiger partial charge in [0.25, 0.3) is 0 Å². The lowest BCUT2D eigenvalue weighted by Gasteiger charge is -2.26. The second kappa shape index (κ2) is 4.81. The van der Waals surface area contributed by atoms with Crippen molar-refractivity contribution in [3.8, 4) is 0 Å². The van der Waals surface area contributed by atoms with E-state index in [-0.39, 0.29) is 0 Å². The van der Waals surface area contributed by atoms with Gasteiger partial charge in [-0.3, -0.25) is 0 Å². The van der Waals surface area contributed by atoms with E-state index >= 15 is 0 Å². The second-order valence-electron chi connectivity index (χ2n) is 5.02.